The molecule has 2 unspecified atom stereocenters. The molecular weight excluding hydrogens is 677 g/mol. The number of fused-ring (bicyclic) bond motifs is 5. The maximum absolute atomic E-state index is 14.3. The number of aromatic nitrogens is 1. The molecule has 0 spiro atoms. The van der Waals surface area contributed by atoms with Crippen LogP contribution in [0.3, 0.4) is 0 Å². The van der Waals surface area contributed by atoms with Crippen molar-refractivity contribution >= 4 is 40.4 Å². The van der Waals surface area contributed by atoms with Crippen molar-refractivity contribution in [3.63, 3.8) is 0 Å². The number of anilines is 1. The number of likely N-dealkylation sites (tertiary alicyclic amines) is 1. The van der Waals surface area contributed by atoms with Crippen LogP contribution in [-0.4, -0.2) is 68.7 Å². The summed E-state index contributed by atoms with van der Waals surface area (Å²) in [6.07, 6.45) is 14.2. The summed E-state index contributed by atoms with van der Waals surface area (Å²) in [7, 11) is 0. The van der Waals surface area contributed by atoms with Gasteiger partial charge in [0, 0.05) is 60.0 Å². The maximum atomic E-state index is 14.3. The minimum atomic E-state index is -0.980. The van der Waals surface area contributed by atoms with Crippen LogP contribution in [-0.2, 0) is 22.6 Å². The summed E-state index contributed by atoms with van der Waals surface area (Å²) >= 11 is 0. The molecule has 2 aliphatic carbocycles. The van der Waals surface area contributed by atoms with Gasteiger partial charge >= 0.3 is 5.97 Å². The third-order valence-electron chi connectivity index (χ3n) is 12.5. The van der Waals surface area contributed by atoms with Crippen molar-refractivity contribution in [1.82, 2.24) is 14.8 Å². The normalized spacial score (nSPS) is 21.4. The van der Waals surface area contributed by atoms with E-state index in [1.54, 1.807) is 6.08 Å². The molecule has 3 aromatic carbocycles. The fraction of sp³-hybridized carbons (Fsp3) is 0.444. The van der Waals surface area contributed by atoms with Gasteiger partial charge < -0.3 is 30.3 Å². The molecule has 54 heavy (non-hydrogen) atoms. The van der Waals surface area contributed by atoms with Crippen molar-refractivity contribution in [2.24, 2.45) is 5.92 Å². The van der Waals surface area contributed by atoms with Gasteiger partial charge in [0.1, 0.15) is 0 Å². The first-order valence-corrected chi connectivity index (χ1v) is 20.1. The zero-order valence-corrected chi connectivity index (χ0v) is 31.1. The van der Waals surface area contributed by atoms with Crippen molar-refractivity contribution in [2.45, 2.75) is 101 Å². The van der Waals surface area contributed by atoms with E-state index in [1.165, 1.54) is 47.0 Å². The molecule has 4 aromatic rings. The van der Waals surface area contributed by atoms with Crippen LogP contribution < -0.4 is 10.6 Å². The summed E-state index contributed by atoms with van der Waals surface area (Å²) in [5, 5.41) is 27.6. The Hall–Kier alpha value is -4.89. The number of amides is 2. The number of piperidine rings is 1. The van der Waals surface area contributed by atoms with Gasteiger partial charge in [-0.05, 0) is 97.9 Å². The molecule has 2 atom stereocenters. The molecule has 4 aliphatic rings. The molecule has 282 valence electrons. The van der Waals surface area contributed by atoms with Crippen LogP contribution in [0.15, 0.2) is 72.8 Å². The van der Waals surface area contributed by atoms with Crippen molar-refractivity contribution < 1.29 is 24.6 Å². The van der Waals surface area contributed by atoms with Crippen molar-refractivity contribution in [1.29, 1.82) is 0 Å². The second-order valence-corrected chi connectivity index (χ2v) is 16.2. The summed E-state index contributed by atoms with van der Waals surface area (Å²) in [6, 6.07) is 22.4. The highest BCUT2D eigenvalue weighted by Gasteiger charge is 2.37. The molecule has 2 aliphatic heterocycles. The first kappa shape index (κ1) is 36.1. The molecular formula is C45H52N4O5. The Morgan fingerprint density at radius 1 is 0.870 bits per heavy atom. The number of aliphatic hydroxyl groups excluding tert-OH is 1. The van der Waals surface area contributed by atoms with Crippen molar-refractivity contribution in [3.8, 4) is 11.3 Å². The predicted molar refractivity (Wildman–Crippen MR) is 212 cm³/mol. The lowest BCUT2D eigenvalue weighted by atomic mass is 9.81. The van der Waals surface area contributed by atoms with E-state index in [0.29, 0.717) is 44.1 Å². The van der Waals surface area contributed by atoms with Crippen LogP contribution in [0.5, 0.6) is 0 Å². The van der Waals surface area contributed by atoms with E-state index in [4.69, 9.17) is 5.11 Å². The SMILES string of the molecule is O=C(O)/C=C/c1ccc(NCC2(NC(=O)c3ccc4c(C5CCCCC5)c5n(c4c3)CC(C(=O)N3CCCC(O)C3)Cc3ccccc3-5)CCCC2)cc1. The summed E-state index contributed by atoms with van der Waals surface area (Å²) in [6.45, 7) is 2.18. The first-order chi connectivity index (χ1) is 26.3. The fourth-order valence-electron chi connectivity index (χ4n) is 9.72. The highest BCUT2D eigenvalue weighted by molar-refractivity contribution is 6.01. The number of nitrogens with one attached hydrogen (secondary N) is 2. The highest BCUT2D eigenvalue weighted by atomic mass is 16.4. The molecule has 3 heterocycles. The quantitative estimate of drug-likeness (QED) is 0.131. The molecule has 0 bridgehead atoms. The summed E-state index contributed by atoms with van der Waals surface area (Å²) in [5.74, 6) is -0.821. The Labute approximate surface area is 317 Å². The molecule has 1 saturated heterocycles. The third kappa shape index (κ3) is 7.43. The molecule has 1 aromatic heterocycles. The zero-order valence-electron chi connectivity index (χ0n) is 31.1. The fourth-order valence-corrected chi connectivity index (χ4v) is 9.72. The summed E-state index contributed by atoms with van der Waals surface area (Å²) < 4.78 is 2.37. The number of hydrogen-bond acceptors (Lipinski definition) is 5. The van der Waals surface area contributed by atoms with Gasteiger partial charge in [0.25, 0.3) is 5.91 Å². The van der Waals surface area contributed by atoms with E-state index in [2.05, 4.69) is 51.6 Å². The molecule has 4 N–H and O–H groups in total. The number of rotatable bonds is 9. The highest BCUT2D eigenvalue weighted by Crippen LogP contribution is 2.47. The molecule has 8 rings (SSSR count). The van der Waals surface area contributed by atoms with E-state index in [-0.39, 0.29) is 17.7 Å². The average molecular weight is 729 g/mol. The van der Waals surface area contributed by atoms with Gasteiger partial charge in [-0.3, -0.25) is 9.59 Å². The number of benzene rings is 3. The number of β-amino-alcohol motifs (C(OH)–C–C–N with tert-alkyl or cyclic N) is 1. The molecule has 0 radical (unpaired) electrons. The monoisotopic (exact) mass is 728 g/mol. The molecule has 2 amide bonds. The zero-order chi connectivity index (χ0) is 37.2. The van der Waals surface area contributed by atoms with Gasteiger partial charge in [-0.2, -0.15) is 0 Å². The standard InChI is InChI=1S/C45H52N4O5/c50-36-12-8-24-48(28-36)44(54)34-25-32-11-4-5-13-37(32)42-41(31-9-2-1-3-10-31)38-20-17-33(26-39(38)49(42)27-34)43(53)47-45(22-6-7-23-45)29-46-35-18-14-30(15-19-35)16-21-40(51)52/h4-5,11,13-21,26,31,34,36,46,50H,1-3,6-10,12,22-25,27-29H2,(H,47,53)(H,51,52)/b21-16+. The Morgan fingerprint density at radius 3 is 2.41 bits per heavy atom. The van der Waals surface area contributed by atoms with Crippen LogP contribution in [0.2, 0.25) is 0 Å². The Kier molecular flexibility index (Phi) is 10.3. The van der Waals surface area contributed by atoms with E-state index in [9.17, 15) is 19.5 Å². The van der Waals surface area contributed by atoms with Gasteiger partial charge in [-0.15, -0.1) is 0 Å². The van der Waals surface area contributed by atoms with Gasteiger partial charge in [-0.1, -0.05) is 74.6 Å². The lowest BCUT2D eigenvalue weighted by molar-refractivity contribution is -0.139. The lowest BCUT2D eigenvalue weighted by Gasteiger charge is -2.33. The number of carbonyl (C=O) groups is 3. The second kappa shape index (κ2) is 15.5. The molecule has 9 heteroatoms. The van der Waals surface area contributed by atoms with Crippen LogP contribution in [0.4, 0.5) is 5.69 Å². The number of nitrogens with zero attached hydrogens (tertiary/aromatic N) is 2. The lowest BCUT2D eigenvalue weighted by Crippen LogP contribution is -2.51. The van der Waals surface area contributed by atoms with E-state index in [1.807, 2.05) is 35.2 Å². The Bertz CT molecular complexity index is 2050. The summed E-state index contributed by atoms with van der Waals surface area (Å²) in [5.41, 5.74) is 7.92. The Balaban J connectivity index is 1.13. The number of carboxylic acids is 1. The van der Waals surface area contributed by atoms with E-state index in [0.717, 1.165) is 74.2 Å². The molecule has 9 nitrogen and oxygen atoms in total. The number of carboxylic acid groups (broad SMARTS) is 1. The average Bonchev–Trinajstić information content (AvgIpc) is 3.73. The van der Waals surface area contributed by atoms with Crippen LogP contribution in [0.25, 0.3) is 28.2 Å². The second-order valence-electron chi connectivity index (χ2n) is 16.2. The number of hydrogen-bond donors (Lipinski definition) is 4. The van der Waals surface area contributed by atoms with Gasteiger partial charge in [0.15, 0.2) is 0 Å². The van der Waals surface area contributed by atoms with Crippen molar-refractivity contribution in [3.05, 3.63) is 95.1 Å². The number of aliphatic carboxylic acids is 1. The first-order valence-electron chi connectivity index (χ1n) is 20.1. The van der Waals surface area contributed by atoms with Crippen LogP contribution in [0, 0.1) is 5.92 Å². The topological polar surface area (TPSA) is 124 Å². The minimum absolute atomic E-state index is 0.0894. The molecule has 3 fully saturated rings. The smallest absolute Gasteiger partial charge is 0.328 e. The van der Waals surface area contributed by atoms with Crippen LogP contribution >= 0.6 is 0 Å². The Morgan fingerprint density at radius 2 is 1.65 bits per heavy atom. The minimum Gasteiger partial charge on any atom is -0.478 e. The number of carbonyl (C=O) groups excluding carboxylic acids is 2. The van der Waals surface area contributed by atoms with Gasteiger partial charge in [0.05, 0.1) is 23.3 Å². The number of aliphatic hydroxyl groups is 1. The maximum Gasteiger partial charge on any atom is 0.328 e. The largest absolute Gasteiger partial charge is 0.478 e. The summed E-state index contributed by atoms with van der Waals surface area (Å²) in [4.78, 5) is 41.3. The van der Waals surface area contributed by atoms with Gasteiger partial charge in [0.2, 0.25) is 5.91 Å². The molecule has 2 saturated carbocycles. The van der Waals surface area contributed by atoms with E-state index < -0.39 is 17.6 Å². The third-order valence-corrected chi connectivity index (χ3v) is 12.5. The van der Waals surface area contributed by atoms with Crippen molar-refractivity contribution in [2.75, 3.05) is 25.0 Å². The predicted octanol–water partition coefficient (Wildman–Crippen LogP) is 7.76. The van der Waals surface area contributed by atoms with E-state index >= 15 is 0 Å². The van der Waals surface area contributed by atoms with Gasteiger partial charge in [-0.25, -0.2) is 4.79 Å². The van der Waals surface area contributed by atoms with Crippen LogP contribution in [0.1, 0.15) is 104 Å².